The standard InChI is InChI=1S/C12H19N3O2.ClH/c1-2-3-4-10(7-13)15-12(17)9-5-6-11(16)14-8-9;/h5-6,8,10H,2-4,7,13H2,1H3,(H,14,16)(H,15,17);1H. The van der Waals surface area contributed by atoms with Crippen molar-refractivity contribution in [3.05, 3.63) is 34.2 Å². The highest BCUT2D eigenvalue weighted by Gasteiger charge is 2.11. The van der Waals surface area contributed by atoms with E-state index in [4.69, 9.17) is 5.73 Å². The first kappa shape index (κ1) is 16.7. The van der Waals surface area contributed by atoms with Gasteiger partial charge in [-0.2, -0.15) is 0 Å². The van der Waals surface area contributed by atoms with E-state index < -0.39 is 0 Å². The van der Waals surface area contributed by atoms with Crippen LogP contribution in [0.1, 0.15) is 36.5 Å². The predicted octanol–water partition coefficient (Wildman–Crippen LogP) is 1.04. The smallest absolute Gasteiger partial charge is 0.253 e. The maximum atomic E-state index is 11.8. The fraction of sp³-hybridized carbons (Fsp3) is 0.500. The number of hydrogen-bond acceptors (Lipinski definition) is 3. The van der Waals surface area contributed by atoms with Crippen LogP contribution >= 0.6 is 12.4 Å². The first-order valence-electron chi connectivity index (χ1n) is 5.87. The molecule has 6 heteroatoms. The van der Waals surface area contributed by atoms with Gasteiger partial charge in [0.2, 0.25) is 5.56 Å². The van der Waals surface area contributed by atoms with E-state index in [1.807, 2.05) is 0 Å². The van der Waals surface area contributed by atoms with E-state index in [9.17, 15) is 9.59 Å². The Labute approximate surface area is 113 Å². The van der Waals surface area contributed by atoms with Crippen molar-refractivity contribution >= 4 is 18.3 Å². The van der Waals surface area contributed by atoms with Crippen molar-refractivity contribution in [1.82, 2.24) is 10.3 Å². The number of halogens is 1. The number of carbonyl (C=O) groups excluding carboxylic acids is 1. The zero-order chi connectivity index (χ0) is 12.7. The Kier molecular flexibility index (Phi) is 8.07. The van der Waals surface area contributed by atoms with Crippen LogP contribution in [0.15, 0.2) is 23.1 Å². The molecule has 0 aliphatic heterocycles. The van der Waals surface area contributed by atoms with Gasteiger partial charge in [-0.1, -0.05) is 19.8 Å². The van der Waals surface area contributed by atoms with Gasteiger partial charge in [-0.3, -0.25) is 9.59 Å². The second-order valence-electron chi connectivity index (χ2n) is 3.99. The third-order valence-corrected chi connectivity index (χ3v) is 2.57. The Balaban J connectivity index is 0.00000289. The van der Waals surface area contributed by atoms with Crippen molar-refractivity contribution in [2.24, 2.45) is 5.73 Å². The number of aromatic nitrogens is 1. The number of nitrogens with two attached hydrogens (primary N) is 1. The molecule has 0 bridgehead atoms. The molecule has 1 amide bonds. The molecule has 0 spiro atoms. The van der Waals surface area contributed by atoms with Gasteiger partial charge in [0.25, 0.3) is 5.91 Å². The van der Waals surface area contributed by atoms with Gasteiger partial charge in [-0.15, -0.1) is 12.4 Å². The van der Waals surface area contributed by atoms with Crippen LogP contribution in [0.25, 0.3) is 0 Å². The largest absolute Gasteiger partial charge is 0.348 e. The van der Waals surface area contributed by atoms with Crippen molar-refractivity contribution in [3.63, 3.8) is 0 Å². The molecular formula is C12H20ClN3O2. The fourth-order valence-electron chi connectivity index (χ4n) is 1.52. The van der Waals surface area contributed by atoms with Gasteiger partial charge in [0.15, 0.2) is 0 Å². The minimum atomic E-state index is -0.220. The molecular weight excluding hydrogens is 254 g/mol. The molecule has 4 N–H and O–H groups in total. The quantitative estimate of drug-likeness (QED) is 0.724. The van der Waals surface area contributed by atoms with Crippen LogP contribution in [0, 0.1) is 0 Å². The van der Waals surface area contributed by atoms with Crippen LogP contribution < -0.4 is 16.6 Å². The summed E-state index contributed by atoms with van der Waals surface area (Å²) in [6.07, 6.45) is 4.39. The number of nitrogens with one attached hydrogen (secondary N) is 2. The third kappa shape index (κ3) is 5.33. The number of aromatic amines is 1. The Bertz CT molecular complexity index is 400. The molecule has 0 aliphatic carbocycles. The lowest BCUT2D eigenvalue weighted by atomic mass is 10.1. The Hall–Kier alpha value is -1.33. The topological polar surface area (TPSA) is 88.0 Å². The molecule has 5 nitrogen and oxygen atoms in total. The zero-order valence-corrected chi connectivity index (χ0v) is 11.3. The minimum Gasteiger partial charge on any atom is -0.348 e. The summed E-state index contributed by atoms with van der Waals surface area (Å²) in [6.45, 7) is 2.52. The molecule has 0 aliphatic rings. The number of carbonyl (C=O) groups is 1. The fourth-order valence-corrected chi connectivity index (χ4v) is 1.52. The third-order valence-electron chi connectivity index (χ3n) is 2.57. The molecule has 0 aromatic carbocycles. The molecule has 18 heavy (non-hydrogen) atoms. The highest BCUT2D eigenvalue weighted by Crippen LogP contribution is 2.01. The SMILES string of the molecule is CCCCC(CN)NC(=O)c1ccc(=O)[nH]c1.Cl. The molecule has 1 heterocycles. The van der Waals surface area contributed by atoms with Crippen LogP contribution in [0.2, 0.25) is 0 Å². The zero-order valence-electron chi connectivity index (χ0n) is 10.4. The summed E-state index contributed by atoms with van der Waals surface area (Å²) in [4.78, 5) is 25.1. The van der Waals surface area contributed by atoms with Crippen LogP contribution in [0.3, 0.4) is 0 Å². The summed E-state index contributed by atoms with van der Waals surface area (Å²) in [5, 5.41) is 2.85. The molecule has 1 aromatic rings. The number of pyridine rings is 1. The number of amides is 1. The Morgan fingerprint density at radius 2 is 2.22 bits per heavy atom. The van der Waals surface area contributed by atoms with E-state index in [2.05, 4.69) is 17.2 Å². The van der Waals surface area contributed by atoms with E-state index >= 15 is 0 Å². The van der Waals surface area contributed by atoms with Crippen LogP contribution in [-0.2, 0) is 0 Å². The summed E-state index contributed by atoms with van der Waals surface area (Å²) in [6, 6.07) is 2.83. The van der Waals surface area contributed by atoms with Crippen LogP contribution in [-0.4, -0.2) is 23.5 Å². The maximum absolute atomic E-state index is 11.8. The summed E-state index contributed by atoms with van der Waals surface area (Å²) in [5.74, 6) is -0.201. The van der Waals surface area contributed by atoms with Gasteiger partial charge in [0, 0.05) is 24.8 Å². The Morgan fingerprint density at radius 3 is 2.72 bits per heavy atom. The van der Waals surface area contributed by atoms with Gasteiger partial charge in [0.1, 0.15) is 0 Å². The molecule has 1 aromatic heterocycles. The number of unbranched alkanes of at least 4 members (excludes halogenated alkanes) is 1. The summed E-state index contributed by atoms with van der Waals surface area (Å²) in [7, 11) is 0. The first-order chi connectivity index (χ1) is 8.17. The van der Waals surface area contributed by atoms with Gasteiger partial charge >= 0.3 is 0 Å². The van der Waals surface area contributed by atoms with E-state index in [0.717, 1.165) is 19.3 Å². The number of H-pyrrole nitrogens is 1. The normalized spacial score (nSPS) is 11.4. The molecule has 0 radical (unpaired) electrons. The lowest BCUT2D eigenvalue weighted by Gasteiger charge is -2.16. The minimum absolute atomic E-state index is 0. The highest BCUT2D eigenvalue weighted by molar-refractivity contribution is 5.94. The number of rotatable bonds is 6. The van der Waals surface area contributed by atoms with Crippen molar-refractivity contribution in [2.45, 2.75) is 32.2 Å². The van der Waals surface area contributed by atoms with Gasteiger partial charge < -0.3 is 16.0 Å². The molecule has 0 saturated carbocycles. The van der Waals surface area contributed by atoms with E-state index in [1.165, 1.54) is 18.3 Å². The van der Waals surface area contributed by atoms with Crippen molar-refractivity contribution < 1.29 is 4.79 Å². The second-order valence-corrected chi connectivity index (χ2v) is 3.99. The predicted molar refractivity (Wildman–Crippen MR) is 74.1 cm³/mol. The average Bonchev–Trinajstić information content (AvgIpc) is 2.35. The Morgan fingerprint density at radius 1 is 1.50 bits per heavy atom. The highest BCUT2D eigenvalue weighted by atomic mass is 35.5. The average molecular weight is 274 g/mol. The number of hydrogen-bond donors (Lipinski definition) is 3. The molecule has 0 fully saturated rings. The summed E-state index contributed by atoms with van der Waals surface area (Å²) in [5.41, 5.74) is 5.82. The summed E-state index contributed by atoms with van der Waals surface area (Å²) < 4.78 is 0. The molecule has 1 unspecified atom stereocenters. The lowest BCUT2D eigenvalue weighted by Crippen LogP contribution is -2.40. The molecule has 102 valence electrons. The molecule has 1 rings (SSSR count). The van der Waals surface area contributed by atoms with Crippen LogP contribution in [0.4, 0.5) is 0 Å². The molecule has 0 saturated heterocycles. The second kappa shape index (κ2) is 8.72. The van der Waals surface area contributed by atoms with Crippen LogP contribution in [0.5, 0.6) is 0 Å². The van der Waals surface area contributed by atoms with Crippen molar-refractivity contribution in [1.29, 1.82) is 0 Å². The van der Waals surface area contributed by atoms with Gasteiger partial charge in [0.05, 0.1) is 5.56 Å². The van der Waals surface area contributed by atoms with E-state index in [1.54, 1.807) is 0 Å². The van der Waals surface area contributed by atoms with Crippen molar-refractivity contribution in [2.75, 3.05) is 6.54 Å². The monoisotopic (exact) mass is 273 g/mol. The molecule has 1 atom stereocenters. The van der Waals surface area contributed by atoms with E-state index in [0.29, 0.717) is 12.1 Å². The van der Waals surface area contributed by atoms with Gasteiger partial charge in [-0.05, 0) is 12.5 Å². The first-order valence-corrected chi connectivity index (χ1v) is 5.87. The van der Waals surface area contributed by atoms with Crippen molar-refractivity contribution in [3.8, 4) is 0 Å². The van der Waals surface area contributed by atoms with E-state index in [-0.39, 0.29) is 29.9 Å². The lowest BCUT2D eigenvalue weighted by molar-refractivity contribution is 0.0935. The van der Waals surface area contributed by atoms with Gasteiger partial charge in [-0.25, -0.2) is 0 Å². The summed E-state index contributed by atoms with van der Waals surface area (Å²) >= 11 is 0. The maximum Gasteiger partial charge on any atom is 0.253 e.